The van der Waals surface area contributed by atoms with Crippen molar-refractivity contribution in [2.75, 3.05) is 0 Å². The highest BCUT2D eigenvalue weighted by molar-refractivity contribution is 5.81. The number of benzene rings is 1. The molecule has 0 radical (unpaired) electrons. The molecule has 2 aromatic rings. The first-order chi connectivity index (χ1) is 10.6. The molecule has 1 aromatic carbocycles. The summed E-state index contributed by atoms with van der Waals surface area (Å²) < 4.78 is 6.94. The maximum atomic E-state index is 12.4. The van der Waals surface area contributed by atoms with Crippen LogP contribution < -0.4 is 5.56 Å². The van der Waals surface area contributed by atoms with E-state index in [0.717, 1.165) is 37.0 Å². The van der Waals surface area contributed by atoms with Crippen molar-refractivity contribution < 1.29 is 9.53 Å². The number of esters is 1. The average molecular weight is 299 g/mol. The molecule has 1 saturated carbocycles. The van der Waals surface area contributed by atoms with Crippen LogP contribution in [0.2, 0.25) is 0 Å². The lowest BCUT2D eigenvalue weighted by molar-refractivity contribution is -0.151. The predicted molar refractivity (Wildman–Crippen MR) is 85.7 cm³/mol. The summed E-state index contributed by atoms with van der Waals surface area (Å²) in [7, 11) is 0. The van der Waals surface area contributed by atoms with Crippen LogP contribution in [0.4, 0.5) is 0 Å². The molecule has 0 bridgehead atoms. The summed E-state index contributed by atoms with van der Waals surface area (Å²) in [6, 6.07) is 9.25. The van der Waals surface area contributed by atoms with Crippen molar-refractivity contribution in [1.82, 2.24) is 4.57 Å². The van der Waals surface area contributed by atoms with E-state index in [4.69, 9.17) is 4.74 Å². The Morgan fingerprint density at radius 1 is 1.18 bits per heavy atom. The molecule has 4 heteroatoms. The smallest absolute Gasteiger partial charge is 0.326 e. The Bertz CT molecular complexity index is 726. The van der Waals surface area contributed by atoms with Gasteiger partial charge < -0.3 is 9.30 Å². The normalized spacial score (nSPS) is 21.7. The molecule has 1 heterocycles. The summed E-state index contributed by atoms with van der Waals surface area (Å²) >= 11 is 0. The van der Waals surface area contributed by atoms with Crippen LogP contribution >= 0.6 is 0 Å². The van der Waals surface area contributed by atoms with E-state index in [-0.39, 0.29) is 24.2 Å². The van der Waals surface area contributed by atoms with E-state index in [0.29, 0.717) is 5.39 Å². The van der Waals surface area contributed by atoms with Crippen LogP contribution in [-0.2, 0) is 16.1 Å². The van der Waals surface area contributed by atoms with Gasteiger partial charge in [-0.3, -0.25) is 9.59 Å². The molecule has 0 saturated heterocycles. The van der Waals surface area contributed by atoms with E-state index >= 15 is 0 Å². The molecule has 0 unspecified atom stereocenters. The molecule has 0 amide bonds. The lowest BCUT2D eigenvalue weighted by Crippen LogP contribution is -2.29. The lowest BCUT2D eigenvalue weighted by atomic mass is 9.89. The van der Waals surface area contributed by atoms with Gasteiger partial charge in [0.25, 0.3) is 5.56 Å². The highest BCUT2D eigenvalue weighted by atomic mass is 16.5. The summed E-state index contributed by atoms with van der Waals surface area (Å²) in [6.45, 7) is 2.21. The average Bonchev–Trinajstić information content (AvgIpc) is 2.53. The number of fused-ring (bicyclic) bond motifs is 1. The molecule has 116 valence electrons. The van der Waals surface area contributed by atoms with Gasteiger partial charge in [0.15, 0.2) is 0 Å². The zero-order valence-electron chi connectivity index (χ0n) is 12.8. The first-order valence-corrected chi connectivity index (χ1v) is 7.91. The predicted octanol–water partition coefficient (Wildman–Crippen LogP) is 3.12. The third kappa shape index (κ3) is 3.21. The minimum absolute atomic E-state index is 0.0138. The second-order valence-corrected chi connectivity index (χ2v) is 6.21. The molecule has 22 heavy (non-hydrogen) atoms. The molecule has 0 N–H and O–H groups in total. The standard InChI is InChI=1S/C18H21NO3/c1-13-6-8-15(9-7-13)22-17(20)12-19-11-10-14-4-2-3-5-16(14)18(19)21/h2-5,10-11,13,15H,6-9,12H2,1H3. The van der Waals surface area contributed by atoms with Crippen LogP contribution in [0, 0.1) is 5.92 Å². The first kappa shape index (κ1) is 14.8. The van der Waals surface area contributed by atoms with Crippen LogP contribution in [-0.4, -0.2) is 16.6 Å². The van der Waals surface area contributed by atoms with Crippen molar-refractivity contribution in [3.8, 4) is 0 Å². The molecule has 1 aliphatic rings. The number of rotatable bonds is 3. The molecule has 1 aliphatic carbocycles. The van der Waals surface area contributed by atoms with Crippen molar-refractivity contribution in [2.24, 2.45) is 5.92 Å². The molecule has 0 aliphatic heterocycles. The van der Waals surface area contributed by atoms with Gasteiger partial charge in [-0.25, -0.2) is 0 Å². The van der Waals surface area contributed by atoms with Crippen LogP contribution in [0.15, 0.2) is 41.3 Å². The van der Waals surface area contributed by atoms with E-state index in [2.05, 4.69) is 6.92 Å². The van der Waals surface area contributed by atoms with Crippen LogP contribution in [0.3, 0.4) is 0 Å². The Kier molecular flexibility index (Phi) is 4.27. The number of ether oxygens (including phenoxy) is 1. The quantitative estimate of drug-likeness (QED) is 0.818. The second kappa shape index (κ2) is 6.34. The van der Waals surface area contributed by atoms with Gasteiger partial charge in [-0.1, -0.05) is 25.1 Å². The van der Waals surface area contributed by atoms with Crippen molar-refractivity contribution >= 4 is 16.7 Å². The van der Waals surface area contributed by atoms with Gasteiger partial charge >= 0.3 is 5.97 Å². The number of aromatic nitrogens is 1. The van der Waals surface area contributed by atoms with E-state index < -0.39 is 0 Å². The van der Waals surface area contributed by atoms with Crippen molar-refractivity contribution in [3.05, 3.63) is 46.9 Å². The molecular weight excluding hydrogens is 278 g/mol. The fraction of sp³-hybridized carbons (Fsp3) is 0.444. The SMILES string of the molecule is CC1CCC(OC(=O)Cn2ccc3ccccc3c2=O)CC1. The molecule has 3 rings (SSSR count). The Hall–Kier alpha value is -2.10. The second-order valence-electron chi connectivity index (χ2n) is 6.21. The van der Waals surface area contributed by atoms with Gasteiger partial charge in [0, 0.05) is 11.6 Å². The van der Waals surface area contributed by atoms with Crippen molar-refractivity contribution in [2.45, 2.75) is 45.3 Å². The third-order valence-corrected chi connectivity index (χ3v) is 4.45. The summed E-state index contributed by atoms with van der Waals surface area (Å²) in [5.74, 6) is 0.398. The molecule has 0 spiro atoms. The number of hydrogen-bond acceptors (Lipinski definition) is 3. The monoisotopic (exact) mass is 299 g/mol. The van der Waals surface area contributed by atoms with E-state index in [1.54, 1.807) is 12.3 Å². The topological polar surface area (TPSA) is 48.3 Å². The first-order valence-electron chi connectivity index (χ1n) is 7.91. The summed E-state index contributed by atoms with van der Waals surface area (Å²) in [6.07, 6.45) is 5.75. The third-order valence-electron chi connectivity index (χ3n) is 4.45. The summed E-state index contributed by atoms with van der Waals surface area (Å²) in [4.78, 5) is 24.4. The molecule has 4 nitrogen and oxygen atoms in total. The van der Waals surface area contributed by atoms with Crippen molar-refractivity contribution in [3.63, 3.8) is 0 Å². The zero-order valence-corrected chi connectivity index (χ0v) is 12.8. The van der Waals surface area contributed by atoms with E-state index in [9.17, 15) is 9.59 Å². The molecule has 1 aromatic heterocycles. The van der Waals surface area contributed by atoms with Crippen molar-refractivity contribution in [1.29, 1.82) is 0 Å². The Morgan fingerprint density at radius 2 is 1.91 bits per heavy atom. The van der Waals surface area contributed by atoms with Gasteiger partial charge in [-0.05, 0) is 49.1 Å². The molecular formula is C18H21NO3. The minimum Gasteiger partial charge on any atom is -0.461 e. The Morgan fingerprint density at radius 3 is 2.68 bits per heavy atom. The highest BCUT2D eigenvalue weighted by Crippen LogP contribution is 2.25. The van der Waals surface area contributed by atoms with Gasteiger partial charge in [-0.15, -0.1) is 0 Å². The maximum absolute atomic E-state index is 12.4. The summed E-state index contributed by atoms with van der Waals surface area (Å²) in [5.41, 5.74) is -0.146. The summed E-state index contributed by atoms with van der Waals surface area (Å²) in [5, 5.41) is 1.52. The zero-order chi connectivity index (χ0) is 15.5. The van der Waals surface area contributed by atoms with Crippen LogP contribution in [0.25, 0.3) is 10.8 Å². The fourth-order valence-electron chi connectivity index (χ4n) is 3.06. The number of nitrogens with zero attached hydrogens (tertiary/aromatic N) is 1. The van der Waals surface area contributed by atoms with Gasteiger partial charge in [0.05, 0.1) is 0 Å². The Balaban J connectivity index is 1.69. The number of carbonyl (C=O) groups is 1. The van der Waals surface area contributed by atoms with Gasteiger partial charge in [-0.2, -0.15) is 0 Å². The van der Waals surface area contributed by atoms with E-state index in [1.165, 1.54) is 4.57 Å². The minimum atomic E-state index is -0.322. The number of carbonyl (C=O) groups excluding carboxylic acids is 1. The number of pyridine rings is 1. The lowest BCUT2D eigenvalue weighted by Gasteiger charge is -2.26. The number of hydrogen-bond donors (Lipinski definition) is 0. The largest absolute Gasteiger partial charge is 0.461 e. The maximum Gasteiger partial charge on any atom is 0.326 e. The fourth-order valence-corrected chi connectivity index (χ4v) is 3.06. The Labute approximate surface area is 129 Å². The molecule has 1 fully saturated rings. The molecule has 0 atom stereocenters. The van der Waals surface area contributed by atoms with E-state index in [1.807, 2.05) is 24.3 Å². The van der Waals surface area contributed by atoms with Gasteiger partial charge in [0.2, 0.25) is 0 Å². The van der Waals surface area contributed by atoms with Crippen LogP contribution in [0.1, 0.15) is 32.6 Å². The highest BCUT2D eigenvalue weighted by Gasteiger charge is 2.21. The van der Waals surface area contributed by atoms with Gasteiger partial charge in [0.1, 0.15) is 12.6 Å². The van der Waals surface area contributed by atoms with Crippen LogP contribution in [0.5, 0.6) is 0 Å².